The average molecular weight is 313 g/mol. The molecule has 0 saturated heterocycles. The van der Waals surface area contributed by atoms with Crippen LogP contribution in [-0.4, -0.2) is 31.6 Å². The smallest absolute Gasteiger partial charge is 0.258 e. The summed E-state index contributed by atoms with van der Waals surface area (Å²) in [6, 6.07) is 4.84. The Kier molecular flexibility index (Phi) is 4.11. The van der Waals surface area contributed by atoms with E-state index >= 15 is 0 Å². The first-order valence-electron chi connectivity index (χ1n) is 5.53. The maximum atomic E-state index is 11.5. The van der Waals surface area contributed by atoms with Crippen LogP contribution >= 0.6 is 15.9 Å². The molecule has 0 fully saturated rings. The van der Waals surface area contributed by atoms with Crippen molar-refractivity contribution in [3.63, 3.8) is 0 Å². The third kappa shape index (κ3) is 2.60. The van der Waals surface area contributed by atoms with Crippen LogP contribution in [0.1, 0.15) is 18.1 Å². The van der Waals surface area contributed by atoms with Crippen molar-refractivity contribution in [3.8, 4) is 0 Å². The maximum Gasteiger partial charge on any atom is 0.258 e. The summed E-state index contributed by atoms with van der Waals surface area (Å²) in [5.74, 6) is 0. The van der Waals surface area contributed by atoms with Gasteiger partial charge in [0.15, 0.2) is 0 Å². The van der Waals surface area contributed by atoms with Crippen LogP contribution in [0.4, 0.5) is 0 Å². The van der Waals surface area contributed by atoms with Crippen LogP contribution in [0.5, 0.6) is 0 Å². The Morgan fingerprint density at radius 2 is 2.17 bits per heavy atom. The zero-order chi connectivity index (χ0) is 13.1. The Morgan fingerprint density at radius 1 is 1.39 bits per heavy atom. The van der Waals surface area contributed by atoms with Crippen LogP contribution < -0.4 is 5.56 Å². The number of rotatable bonds is 4. The number of aromatic amines is 1. The number of nitrogens with zero attached hydrogens (tertiary/aromatic N) is 1. The molecule has 0 saturated carbocycles. The summed E-state index contributed by atoms with van der Waals surface area (Å²) in [6.45, 7) is 0. The lowest BCUT2D eigenvalue weighted by molar-refractivity contribution is 0.0174. The number of aromatic nitrogens is 2. The minimum atomic E-state index is -0.979. The van der Waals surface area contributed by atoms with E-state index in [1.807, 2.05) is 0 Å². The van der Waals surface area contributed by atoms with Gasteiger partial charge in [-0.15, -0.1) is 0 Å². The Bertz CT molecular complexity index is 599. The van der Waals surface area contributed by atoms with Gasteiger partial charge in [0.25, 0.3) is 5.56 Å². The lowest BCUT2D eigenvalue weighted by Gasteiger charge is -2.17. The van der Waals surface area contributed by atoms with Crippen molar-refractivity contribution in [1.29, 1.82) is 0 Å². The van der Waals surface area contributed by atoms with Crippen molar-refractivity contribution in [3.05, 3.63) is 40.4 Å². The molecule has 2 rings (SSSR count). The highest BCUT2D eigenvalue weighted by atomic mass is 79.9. The van der Waals surface area contributed by atoms with Gasteiger partial charge < -0.3 is 15.2 Å². The number of aliphatic hydroxyl groups is 2. The number of aliphatic hydroxyl groups excluding tert-OH is 2. The lowest BCUT2D eigenvalue weighted by Crippen LogP contribution is -2.18. The van der Waals surface area contributed by atoms with Gasteiger partial charge in [-0.3, -0.25) is 4.79 Å². The fourth-order valence-corrected chi connectivity index (χ4v) is 2.23. The predicted molar refractivity (Wildman–Crippen MR) is 71.7 cm³/mol. The normalized spacial score (nSPS) is 14.6. The molecule has 2 unspecified atom stereocenters. The average Bonchev–Trinajstić information content (AvgIpc) is 2.38. The Labute approximate surface area is 112 Å². The summed E-state index contributed by atoms with van der Waals surface area (Å²) in [4.78, 5) is 18.0. The fraction of sp³-hybridized carbons (Fsp3) is 0.333. The summed E-state index contributed by atoms with van der Waals surface area (Å²) in [7, 11) is 0. The highest BCUT2D eigenvalue weighted by Gasteiger charge is 2.18. The number of fused-ring (bicyclic) bond motifs is 1. The molecule has 1 heterocycles. The van der Waals surface area contributed by atoms with E-state index in [1.54, 1.807) is 18.2 Å². The molecule has 0 bridgehead atoms. The van der Waals surface area contributed by atoms with Crippen molar-refractivity contribution in [2.75, 3.05) is 5.33 Å². The van der Waals surface area contributed by atoms with Gasteiger partial charge in [0.2, 0.25) is 0 Å². The summed E-state index contributed by atoms with van der Waals surface area (Å²) in [5.41, 5.74) is 0.831. The Balaban J connectivity index is 2.38. The lowest BCUT2D eigenvalue weighted by atomic mass is 10.0. The molecule has 5 nitrogen and oxygen atoms in total. The number of nitrogens with one attached hydrogen (secondary N) is 1. The minimum Gasteiger partial charge on any atom is -0.390 e. The second-order valence-corrected chi connectivity index (χ2v) is 4.79. The number of alkyl halides is 1. The quantitative estimate of drug-likeness (QED) is 0.738. The van der Waals surface area contributed by atoms with Gasteiger partial charge in [-0.1, -0.05) is 22.0 Å². The molecular weight excluding hydrogens is 300 g/mol. The maximum absolute atomic E-state index is 11.5. The van der Waals surface area contributed by atoms with E-state index in [0.29, 0.717) is 28.2 Å². The highest BCUT2D eigenvalue weighted by Crippen LogP contribution is 2.21. The van der Waals surface area contributed by atoms with Gasteiger partial charge in [0, 0.05) is 5.33 Å². The Morgan fingerprint density at radius 3 is 2.89 bits per heavy atom. The molecule has 0 amide bonds. The fourth-order valence-electron chi connectivity index (χ4n) is 1.76. The van der Waals surface area contributed by atoms with Crippen LogP contribution in [0, 0.1) is 0 Å². The van der Waals surface area contributed by atoms with E-state index in [9.17, 15) is 15.0 Å². The summed E-state index contributed by atoms with van der Waals surface area (Å²) < 4.78 is 0. The van der Waals surface area contributed by atoms with Gasteiger partial charge in [0.05, 0.1) is 23.3 Å². The molecule has 2 atom stereocenters. The topological polar surface area (TPSA) is 86.2 Å². The van der Waals surface area contributed by atoms with Crippen molar-refractivity contribution in [1.82, 2.24) is 9.97 Å². The van der Waals surface area contributed by atoms with Gasteiger partial charge in [0.1, 0.15) is 6.10 Å². The minimum absolute atomic E-state index is 0.220. The van der Waals surface area contributed by atoms with Crippen molar-refractivity contribution >= 4 is 26.8 Å². The molecule has 1 aromatic carbocycles. The molecule has 6 heteroatoms. The second-order valence-electron chi connectivity index (χ2n) is 4.00. The predicted octanol–water partition coefficient (Wildman–Crippen LogP) is 1.10. The van der Waals surface area contributed by atoms with Crippen LogP contribution in [-0.2, 0) is 0 Å². The van der Waals surface area contributed by atoms with Gasteiger partial charge in [-0.25, -0.2) is 4.98 Å². The first-order chi connectivity index (χ1) is 8.63. The van der Waals surface area contributed by atoms with Gasteiger partial charge in [-0.05, 0) is 24.1 Å². The molecule has 18 heavy (non-hydrogen) atoms. The van der Waals surface area contributed by atoms with Gasteiger partial charge in [-0.2, -0.15) is 0 Å². The second kappa shape index (κ2) is 5.60. The zero-order valence-electron chi connectivity index (χ0n) is 9.51. The molecular formula is C12H13BrN2O3. The first-order valence-corrected chi connectivity index (χ1v) is 6.65. The number of hydrogen-bond donors (Lipinski definition) is 3. The molecule has 0 aliphatic heterocycles. The number of benzene rings is 1. The number of halogens is 1. The summed E-state index contributed by atoms with van der Waals surface area (Å²) in [5, 5.41) is 20.8. The van der Waals surface area contributed by atoms with Crippen LogP contribution in [0.15, 0.2) is 29.3 Å². The number of H-pyrrole nitrogens is 1. The zero-order valence-corrected chi connectivity index (χ0v) is 11.1. The summed E-state index contributed by atoms with van der Waals surface area (Å²) >= 11 is 3.21. The molecule has 0 radical (unpaired) electrons. The van der Waals surface area contributed by atoms with E-state index < -0.39 is 12.2 Å². The van der Waals surface area contributed by atoms with E-state index in [2.05, 4.69) is 25.9 Å². The van der Waals surface area contributed by atoms with Crippen LogP contribution in [0.3, 0.4) is 0 Å². The highest BCUT2D eigenvalue weighted by molar-refractivity contribution is 9.09. The van der Waals surface area contributed by atoms with E-state index in [4.69, 9.17) is 0 Å². The first kappa shape index (κ1) is 13.2. The molecule has 2 aromatic rings. The van der Waals surface area contributed by atoms with Crippen molar-refractivity contribution in [2.24, 2.45) is 0 Å². The Hall–Kier alpha value is -1.24. The van der Waals surface area contributed by atoms with E-state index in [0.717, 1.165) is 0 Å². The van der Waals surface area contributed by atoms with Crippen LogP contribution in [0.2, 0.25) is 0 Å². The third-order valence-electron chi connectivity index (χ3n) is 2.78. The monoisotopic (exact) mass is 312 g/mol. The molecule has 96 valence electrons. The molecule has 0 spiro atoms. The van der Waals surface area contributed by atoms with Crippen LogP contribution in [0.25, 0.3) is 10.9 Å². The van der Waals surface area contributed by atoms with E-state index in [1.165, 1.54) is 6.33 Å². The summed E-state index contributed by atoms with van der Waals surface area (Å²) in [6.07, 6.45) is -0.0607. The third-order valence-corrected chi connectivity index (χ3v) is 3.23. The van der Waals surface area contributed by atoms with Crippen molar-refractivity contribution in [2.45, 2.75) is 18.6 Å². The molecule has 0 aliphatic carbocycles. The molecule has 1 aromatic heterocycles. The molecule has 0 aliphatic rings. The van der Waals surface area contributed by atoms with Crippen molar-refractivity contribution < 1.29 is 10.2 Å². The molecule has 3 N–H and O–H groups in total. The van der Waals surface area contributed by atoms with E-state index in [-0.39, 0.29) is 5.56 Å². The standard InChI is InChI=1S/C12H13BrN2O3/c13-4-3-10(16)11(17)7-1-2-8-9(5-7)14-6-15-12(8)18/h1-2,5-6,10-11,16-17H,3-4H2,(H,14,15,18). The number of hydrogen-bond acceptors (Lipinski definition) is 4. The van der Waals surface area contributed by atoms with Gasteiger partial charge >= 0.3 is 0 Å². The largest absolute Gasteiger partial charge is 0.390 e. The SMILES string of the molecule is O=c1[nH]cnc2cc(C(O)C(O)CCBr)ccc12.